The number of carboxylic acids is 2. The molecule has 0 bridgehead atoms. The van der Waals surface area contributed by atoms with E-state index in [4.69, 9.17) is 15.9 Å². The van der Waals surface area contributed by atoms with Gasteiger partial charge in [0.15, 0.2) is 0 Å². The van der Waals surface area contributed by atoms with Crippen LogP contribution in [0.3, 0.4) is 0 Å². The topological polar surface area (TPSA) is 101 Å². The largest absolute Gasteiger partial charge is 0.480 e. The Kier molecular flexibility index (Phi) is 7.82. The zero-order valence-corrected chi connectivity index (χ0v) is 12.5. The highest BCUT2D eigenvalue weighted by Crippen LogP contribution is 2.01. The molecule has 0 aliphatic heterocycles. The fourth-order valence-electron chi connectivity index (χ4n) is 1.69. The quantitative estimate of drug-likeness (QED) is 0.736. The first-order valence-electron chi connectivity index (χ1n) is 6.97. The number of nitrogens with two attached hydrogens (primary N) is 1. The van der Waals surface area contributed by atoms with E-state index in [1.165, 1.54) is 0 Å². The maximum atomic E-state index is 10.4. The standard InChI is InChI=1S/C9H11NO2.C9H8O2/c10-8(9(11)12)6-7-4-2-1-3-5-7;10-9(11)7-6-8-4-2-1-3-5-8/h1-5,8H,6,10H2,(H,11,12);1-7H,(H,10,11)/b;7-6+/t8-;/m0./s1. The van der Waals surface area contributed by atoms with Crippen LogP contribution >= 0.6 is 0 Å². The summed E-state index contributed by atoms with van der Waals surface area (Å²) in [4.78, 5) is 20.5. The van der Waals surface area contributed by atoms with Gasteiger partial charge in [0.05, 0.1) is 0 Å². The molecular formula is C18H19NO4. The highest BCUT2D eigenvalue weighted by atomic mass is 16.4. The first-order valence-corrected chi connectivity index (χ1v) is 6.97. The molecule has 2 aromatic carbocycles. The van der Waals surface area contributed by atoms with Crippen LogP contribution in [0.1, 0.15) is 11.1 Å². The second-order valence-corrected chi connectivity index (χ2v) is 4.72. The fourth-order valence-corrected chi connectivity index (χ4v) is 1.69. The summed E-state index contributed by atoms with van der Waals surface area (Å²) >= 11 is 0. The molecule has 0 amide bonds. The summed E-state index contributed by atoms with van der Waals surface area (Å²) in [5.74, 6) is -1.88. The lowest BCUT2D eigenvalue weighted by Gasteiger charge is -2.04. The smallest absolute Gasteiger partial charge is 0.328 e. The SMILES string of the molecule is N[C@@H](Cc1ccccc1)C(=O)O.O=C(O)/C=C/c1ccccc1. The number of benzene rings is 2. The highest BCUT2D eigenvalue weighted by molar-refractivity contribution is 5.85. The van der Waals surface area contributed by atoms with Gasteiger partial charge in [0.25, 0.3) is 0 Å². The van der Waals surface area contributed by atoms with E-state index in [-0.39, 0.29) is 0 Å². The molecule has 0 fully saturated rings. The molecule has 0 unspecified atom stereocenters. The van der Waals surface area contributed by atoms with Crippen molar-refractivity contribution in [3.05, 3.63) is 77.9 Å². The minimum absolute atomic E-state index is 0.385. The van der Waals surface area contributed by atoms with Crippen LogP contribution in [0.25, 0.3) is 6.08 Å². The lowest BCUT2D eigenvalue weighted by molar-refractivity contribution is -0.138. The monoisotopic (exact) mass is 313 g/mol. The Hall–Kier alpha value is -2.92. The molecule has 0 radical (unpaired) electrons. The van der Waals surface area contributed by atoms with Gasteiger partial charge < -0.3 is 15.9 Å². The third kappa shape index (κ3) is 8.18. The number of hydrogen-bond acceptors (Lipinski definition) is 3. The summed E-state index contributed by atoms with van der Waals surface area (Å²) in [6, 6.07) is 17.8. The average molecular weight is 313 g/mol. The number of aliphatic carboxylic acids is 2. The highest BCUT2D eigenvalue weighted by Gasteiger charge is 2.10. The first-order chi connectivity index (χ1) is 11.0. The minimum atomic E-state index is -0.959. The maximum absolute atomic E-state index is 10.4. The van der Waals surface area contributed by atoms with Crippen LogP contribution in [0.4, 0.5) is 0 Å². The molecule has 2 aromatic rings. The zero-order chi connectivity index (χ0) is 17.1. The molecule has 0 aliphatic rings. The normalized spacial score (nSPS) is 11.3. The molecular weight excluding hydrogens is 294 g/mol. The number of hydrogen-bond donors (Lipinski definition) is 3. The third-order valence-corrected chi connectivity index (χ3v) is 2.83. The Labute approximate surface area is 134 Å². The van der Waals surface area contributed by atoms with E-state index in [2.05, 4.69) is 0 Å². The van der Waals surface area contributed by atoms with Gasteiger partial charge in [0, 0.05) is 6.08 Å². The molecule has 5 heteroatoms. The number of carboxylic acid groups (broad SMARTS) is 2. The van der Waals surface area contributed by atoms with Crippen LogP contribution in [0.2, 0.25) is 0 Å². The molecule has 0 aromatic heterocycles. The zero-order valence-electron chi connectivity index (χ0n) is 12.5. The van der Waals surface area contributed by atoms with E-state index in [0.717, 1.165) is 17.2 Å². The predicted molar refractivity (Wildman–Crippen MR) is 88.9 cm³/mol. The van der Waals surface area contributed by atoms with Crippen molar-refractivity contribution in [2.75, 3.05) is 0 Å². The van der Waals surface area contributed by atoms with E-state index in [9.17, 15) is 9.59 Å². The van der Waals surface area contributed by atoms with Crippen LogP contribution in [0.15, 0.2) is 66.7 Å². The van der Waals surface area contributed by atoms with Crippen molar-refractivity contribution < 1.29 is 19.8 Å². The second kappa shape index (κ2) is 9.92. The van der Waals surface area contributed by atoms with Gasteiger partial charge in [-0.2, -0.15) is 0 Å². The minimum Gasteiger partial charge on any atom is -0.480 e. The lowest BCUT2D eigenvalue weighted by atomic mass is 10.1. The van der Waals surface area contributed by atoms with Crippen LogP contribution in [0.5, 0.6) is 0 Å². The van der Waals surface area contributed by atoms with Gasteiger partial charge in [-0.3, -0.25) is 4.79 Å². The molecule has 0 saturated carbocycles. The van der Waals surface area contributed by atoms with E-state index >= 15 is 0 Å². The summed E-state index contributed by atoms with van der Waals surface area (Å²) in [6.07, 6.45) is 3.06. The fraction of sp³-hybridized carbons (Fsp3) is 0.111. The van der Waals surface area contributed by atoms with Crippen molar-refractivity contribution in [3.63, 3.8) is 0 Å². The van der Waals surface area contributed by atoms with Crippen molar-refractivity contribution in [3.8, 4) is 0 Å². The molecule has 2 rings (SSSR count). The van der Waals surface area contributed by atoms with Gasteiger partial charge >= 0.3 is 11.9 Å². The summed E-state index contributed by atoms with van der Waals surface area (Å²) in [6.45, 7) is 0. The molecule has 0 aliphatic carbocycles. The molecule has 120 valence electrons. The Morgan fingerprint density at radius 1 is 0.957 bits per heavy atom. The van der Waals surface area contributed by atoms with E-state index in [1.807, 2.05) is 60.7 Å². The van der Waals surface area contributed by atoms with Gasteiger partial charge in [-0.05, 0) is 23.6 Å². The van der Waals surface area contributed by atoms with Crippen LogP contribution in [-0.4, -0.2) is 28.2 Å². The summed E-state index contributed by atoms with van der Waals surface area (Å²) in [5, 5.41) is 16.8. The second-order valence-electron chi connectivity index (χ2n) is 4.72. The van der Waals surface area contributed by atoms with Crippen molar-refractivity contribution >= 4 is 18.0 Å². The number of carbonyl (C=O) groups is 2. The van der Waals surface area contributed by atoms with Gasteiger partial charge in [0.2, 0.25) is 0 Å². The predicted octanol–water partition coefficient (Wildman–Crippen LogP) is 2.43. The van der Waals surface area contributed by atoms with Crippen molar-refractivity contribution in [1.29, 1.82) is 0 Å². The van der Waals surface area contributed by atoms with Crippen LogP contribution in [-0.2, 0) is 16.0 Å². The van der Waals surface area contributed by atoms with Crippen molar-refractivity contribution in [1.82, 2.24) is 0 Å². The Morgan fingerprint density at radius 2 is 1.48 bits per heavy atom. The first kappa shape index (κ1) is 18.1. The molecule has 0 saturated heterocycles. The third-order valence-electron chi connectivity index (χ3n) is 2.83. The Morgan fingerprint density at radius 3 is 1.96 bits per heavy atom. The van der Waals surface area contributed by atoms with E-state index < -0.39 is 18.0 Å². The molecule has 4 N–H and O–H groups in total. The van der Waals surface area contributed by atoms with E-state index in [0.29, 0.717) is 6.42 Å². The lowest BCUT2D eigenvalue weighted by Crippen LogP contribution is -2.32. The van der Waals surface area contributed by atoms with Crippen LogP contribution < -0.4 is 5.73 Å². The summed E-state index contributed by atoms with van der Waals surface area (Å²) in [7, 11) is 0. The number of rotatable bonds is 5. The molecule has 1 atom stereocenters. The van der Waals surface area contributed by atoms with Gasteiger partial charge in [-0.25, -0.2) is 4.79 Å². The molecule has 0 spiro atoms. The van der Waals surface area contributed by atoms with Gasteiger partial charge in [-0.15, -0.1) is 0 Å². The van der Waals surface area contributed by atoms with Gasteiger partial charge in [-0.1, -0.05) is 60.7 Å². The summed E-state index contributed by atoms with van der Waals surface area (Å²) in [5.41, 5.74) is 7.20. The van der Waals surface area contributed by atoms with Gasteiger partial charge in [0.1, 0.15) is 6.04 Å². The van der Waals surface area contributed by atoms with Crippen LogP contribution in [0, 0.1) is 0 Å². The Bertz CT molecular complexity index is 639. The molecule has 0 heterocycles. The molecule has 23 heavy (non-hydrogen) atoms. The molecule has 5 nitrogen and oxygen atoms in total. The maximum Gasteiger partial charge on any atom is 0.328 e. The summed E-state index contributed by atoms with van der Waals surface area (Å²) < 4.78 is 0. The van der Waals surface area contributed by atoms with Crippen molar-refractivity contribution in [2.45, 2.75) is 12.5 Å². The van der Waals surface area contributed by atoms with Crippen molar-refractivity contribution in [2.24, 2.45) is 5.73 Å². The van der Waals surface area contributed by atoms with E-state index in [1.54, 1.807) is 6.08 Å². The Balaban J connectivity index is 0.000000231. The average Bonchev–Trinajstić information content (AvgIpc) is 2.55.